The van der Waals surface area contributed by atoms with Gasteiger partial charge in [-0.1, -0.05) is 64.1 Å². The molecule has 8 heteroatoms. The summed E-state index contributed by atoms with van der Waals surface area (Å²) in [7, 11) is 1.36. The second-order valence-electron chi connectivity index (χ2n) is 11.3. The summed E-state index contributed by atoms with van der Waals surface area (Å²) in [6.45, 7) is 11.3. The van der Waals surface area contributed by atoms with Gasteiger partial charge in [0.15, 0.2) is 0 Å². The van der Waals surface area contributed by atoms with E-state index in [0.717, 1.165) is 27.8 Å². The SMILES string of the molecule is COC(=O)c1ccc(C=Cc2cc3c(cc2Cn2cccn2)C(C)(C)C(OC(C)=O)[C@H](OC(C)=O)C3(C)C)cc1. The summed E-state index contributed by atoms with van der Waals surface area (Å²) in [5.41, 5.74) is 4.13. The van der Waals surface area contributed by atoms with Crippen LogP contribution in [0.2, 0.25) is 0 Å². The van der Waals surface area contributed by atoms with Crippen LogP contribution in [0.15, 0.2) is 54.9 Å². The Morgan fingerprint density at radius 3 is 1.98 bits per heavy atom. The van der Waals surface area contributed by atoms with Crippen molar-refractivity contribution in [3.8, 4) is 0 Å². The Kier molecular flexibility index (Phi) is 8.00. The van der Waals surface area contributed by atoms with Crippen LogP contribution in [-0.4, -0.2) is 47.0 Å². The average molecular weight is 545 g/mol. The molecule has 1 heterocycles. The van der Waals surface area contributed by atoms with Gasteiger partial charge in [0.2, 0.25) is 0 Å². The van der Waals surface area contributed by atoms with Gasteiger partial charge in [-0.15, -0.1) is 0 Å². The molecule has 1 aromatic heterocycles. The molecular formula is C32H36N2O6. The van der Waals surface area contributed by atoms with Crippen molar-refractivity contribution in [1.82, 2.24) is 9.78 Å². The van der Waals surface area contributed by atoms with Crippen LogP contribution in [0.4, 0.5) is 0 Å². The highest BCUT2D eigenvalue weighted by Crippen LogP contribution is 2.49. The second-order valence-corrected chi connectivity index (χ2v) is 11.3. The fourth-order valence-corrected chi connectivity index (χ4v) is 5.46. The fourth-order valence-electron chi connectivity index (χ4n) is 5.46. The van der Waals surface area contributed by atoms with Gasteiger partial charge in [-0.2, -0.15) is 5.10 Å². The minimum atomic E-state index is -0.684. The number of aromatic nitrogens is 2. The Hall–Kier alpha value is -4.20. The molecule has 0 spiro atoms. The van der Waals surface area contributed by atoms with Crippen molar-refractivity contribution in [2.45, 2.75) is 71.1 Å². The number of carbonyl (C=O) groups is 3. The Labute approximate surface area is 234 Å². The van der Waals surface area contributed by atoms with Gasteiger partial charge >= 0.3 is 17.9 Å². The van der Waals surface area contributed by atoms with E-state index in [1.54, 1.807) is 18.3 Å². The maximum Gasteiger partial charge on any atom is 0.337 e. The number of ether oxygens (including phenoxy) is 3. The van der Waals surface area contributed by atoms with Gasteiger partial charge in [0.25, 0.3) is 0 Å². The van der Waals surface area contributed by atoms with Gasteiger partial charge in [-0.25, -0.2) is 4.79 Å². The number of hydrogen-bond donors (Lipinski definition) is 0. The van der Waals surface area contributed by atoms with E-state index in [1.807, 2.05) is 68.9 Å². The number of methoxy groups -OCH3 is 1. The van der Waals surface area contributed by atoms with E-state index < -0.39 is 35.0 Å². The summed E-state index contributed by atoms with van der Waals surface area (Å²) in [5, 5.41) is 4.40. The maximum absolute atomic E-state index is 12.2. The van der Waals surface area contributed by atoms with Crippen molar-refractivity contribution >= 4 is 30.1 Å². The maximum atomic E-state index is 12.2. The van der Waals surface area contributed by atoms with E-state index in [9.17, 15) is 14.4 Å². The summed E-state index contributed by atoms with van der Waals surface area (Å²) in [6.07, 6.45) is 6.31. The average Bonchev–Trinajstić information content (AvgIpc) is 3.41. The summed E-state index contributed by atoms with van der Waals surface area (Å²) in [5.74, 6) is -1.24. The first kappa shape index (κ1) is 28.8. The minimum Gasteiger partial charge on any atom is -0.465 e. The highest BCUT2D eigenvalue weighted by molar-refractivity contribution is 5.89. The Balaban J connectivity index is 1.86. The largest absolute Gasteiger partial charge is 0.465 e. The summed E-state index contributed by atoms with van der Waals surface area (Å²) in [4.78, 5) is 36.2. The zero-order valence-corrected chi connectivity index (χ0v) is 24.1. The fraction of sp³-hybridized carbons (Fsp3) is 0.375. The molecular weight excluding hydrogens is 508 g/mol. The molecule has 210 valence electrons. The number of carbonyl (C=O) groups excluding carboxylic acids is 3. The first-order valence-corrected chi connectivity index (χ1v) is 13.2. The lowest BCUT2D eigenvalue weighted by molar-refractivity contribution is -0.179. The molecule has 1 aliphatic rings. The van der Waals surface area contributed by atoms with E-state index >= 15 is 0 Å². The van der Waals surface area contributed by atoms with Crippen LogP contribution in [0.5, 0.6) is 0 Å². The van der Waals surface area contributed by atoms with Gasteiger partial charge in [0.1, 0.15) is 12.2 Å². The number of benzene rings is 2. The van der Waals surface area contributed by atoms with Crippen molar-refractivity contribution in [2.75, 3.05) is 7.11 Å². The molecule has 0 N–H and O–H groups in total. The zero-order valence-electron chi connectivity index (χ0n) is 24.1. The van der Waals surface area contributed by atoms with Crippen molar-refractivity contribution < 1.29 is 28.6 Å². The van der Waals surface area contributed by atoms with Crippen molar-refractivity contribution in [3.05, 3.63) is 88.2 Å². The summed E-state index contributed by atoms with van der Waals surface area (Å²) < 4.78 is 18.4. The van der Waals surface area contributed by atoms with Gasteiger partial charge in [-0.3, -0.25) is 14.3 Å². The molecule has 1 unspecified atom stereocenters. The molecule has 0 radical (unpaired) electrons. The first-order chi connectivity index (χ1) is 18.8. The highest BCUT2D eigenvalue weighted by Gasteiger charge is 2.55. The number of rotatable bonds is 7. The van der Waals surface area contributed by atoms with Crippen molar-refractivity contribution in [2.24, 2.45) is 0 Å². The van der Waals surface area contributed by atoms with E-state index in [2.05, 4.69) is 17.2 Å². The third kappa shape index (κ3) is 5.71. The van der Waals surface area contributed by atoms with E-state index in [-0.39, 0.29) is 5.97 Å². The standard InChI is InChI=1S/C32H36N2O6/c1-20(35)39-28-29(40-21(2)36)32(5,6)27-18-25(19-34-16-8-15-33-34)24(17-26(27)31(28,3)4)14-11-22-9-12-23(13-10-22)30(37)38-7/h8-18,28-29H,19H2,1-7H3/t28-,29?/m0/s1. The van der Waals surface area contributed by atoms with Gasteiger partial charge < -0.3 is 14.2 Å². The van der Waals surface area contributed by atoms with Crippen LogP contribution in [0, 0.1) is 0 Å². The van der Waals surface area contributed by atoms with Crippen LogP contribution < -0.4 is 0 Å². The smallest absolute Gasteiger partial charge is 0.337 e. The summed E-state index contributed by atoms with van der Waals surface area (Å²) >= 11 is 0. The number of fused-ring (bicyclic) bond motifs is 1. The minimum absolute atomic E-state index is 0.383. The van der Waals surface area contributed by atoms with Crippen LogP contribution in [0.25, 0.3) is 12.2 Å². The van der Waals surface area contributed by atoms with Crippen LogP contribution in [0.1, 0.15) is 79.7 Å². The lowest BCUT2D eigenvalue weighted by atomic mass is 9.59. The lowest BCUT2D eigenvalue weighted by Crippen LogP contribution is -2.59. The second kappa shape index (κ2) is 11.1. The first-order valence-electron chi connectivity index (χ1n) is 13.2. The van der Waals surface area contributed by atoms with E-state index in [0.29, 0.717) is 12.1 Å². The van der Waals surface area contributed by atoms with E-state index in [4.69, 9.17) is 14.2 Å². The van der Waals surface area contributed by atoms with Crippen LogP contribution in [0.3, 0.4) is 0 Å². The zero-order chi connectivity index (χ0) is 29.2. The Morgan fingerprint density at radius 2 is 1.48 bits per heavy atom. The Morgan fingerprint density at radius 1 is 0.900 bits per heavy atom. The molecule has 40 heavy (non-hydrogen) atoms. The number of nitrogens with zero attached hydrogens (tertiary/aromatic N) is 2. The molecule has 1 aliphatic carbocycles. The predicted molar refractivity (Wildman–Crippen MR) is 152 cm³/mol. The summed E-state index contributed by atoms with van der Waals surface area (Å²) in [6, 6.07) is 13.4. The van der Waals surface area contributed by atoms with Crippen LogP contribution in [-0.2, 0) is 41.2 Å². The van der Waals surface area contributed by atoms with Gasteiger partial charge in [0.05, 0.1) is 19.2 Å². The van der Waals surface area contributed by atoms with Crippen molar-refractivity contribution in [3.63, 3.8) is 0 Å². The molecule has 0 saturated carbocycles. The molecule has 0 fully saturated rings. The molecule has 0 bridgehead atoms. The highest BCUT2D eigenvalue weighted by atomic mass is 16.6. The molecule has 2 aromatic carbocycles. The molecule has 0 aliphatic heterocycles. The van der Waals surface area contributed by atoms with Gasteiger partial charge in [0, 0.05) is 37.1 Å². The van der Waals surface area contributed by atoms with Crippen LogP contribution >= 0.6 is 0 Å². The topological polar surface area (TPSA) is 96.7 Å². The molecule has 2 atom stereocenters. The van der Waals surface area contributed by atoms with Gasteiger partial charge in [-0.05, 0) is 46.0 Å². The van der Waals surface area contributed by atoms with E-state index in [1.165, 1.54) is 21.0 Å². The molecule has 3 aromatic rings. The molecule has 0 amide bonds. The number of hydrogen-bond acceptors (Lipinski definition) is 7. The molecule has 8 nitrogen and oxygen atoms in total. The molecule has 0 saturated heterocycles. The number of esters is 3. The quantitative estimate of drug-likeness (QED) is 0.226. The van der Waals surface area contributed by atoms with Crippen molar-refractivity contribution in [1.29, 1.82) is 0 Å². The predicted octanol–water partition coefficient (Wildman–Crippen LogP) is 5.32. The lowest BCUT2D eigenvalue weighted by Gasteiger charge is -2.51. The molecule has 4 rings (SSSR count). The third-order valence-corrected chi connectivity index (χ3v) is 7.63. The normalized spacial score (nSPS) is 19.1. The monoisotopic (exact) mass is 544 g/mol. The Bertz CT molecular complexity index is 1430. The third-order valence-electron chi connectivity index (χ3n) is 7.63.